The van der Waals surface area contributed by atoms with E-state index in [1.807, 2.05) is 0 Å². The molecule has 0 aromatic heterocycles. The van der Waals surface area contributed by atoms with E-state index in [1.165, 1.54) is 4.90 Å². The Balaban J connectivity index is 2.87. The van der Waals surface area contributed by atoms with Gasteiger partial charge in [0.1, 0.15) is 6.54 Å². The highest BCUT2D eigenvalue weighted by Gasteiger charge is 2.39. The lowest BCUT2D eigenvalue weighted by Gasteiger charge is -2.36. The minimum absolute atomic E-state index is 0.00839. The Morgan fingerprint density at radius 1 is 1.33 bits per heavy atom. The highest BCUT2D eigenvalue weighted by Crippen LogP contribution is 2.24. The van der Waals surface area contributed by atoms with Gasteiger partial charge in [-0.2, -0.15) is 0 Å². The number of rotatable bonds is 3. The number of carboxylic acids is 1. The molecule has 1 amide bonds. The van der Waals surface area contributed by atoms with Crippen molar-refractivity contribution >= 4 is 21.7 Å². The molecule has 18 heavy (non-hydrogen) atoms. The van der Waals surface area contributed by atoms with Gasteiger partial charge < -0.3 is 10.0 Å². The molecule has 1 N–H and O–H groups in total. The van der Waals surface area contributed by atoms with E-state index in [1.54, 1.807) is 20.8 Å². The molecule has 0 spiro atoms. The standard InChI is InChI=1S/C11H19NO5S/c1-11(2,3)12(6-9(13)14)10(15)8-4-5-18(16,17)7-8/h8H,4-7H2,1-3H3,(H,13,14). The first-order valence-electron chi connectivity index (χ1n) is 5.76. The quantitative estimate of drug-likeness (QED) is 0.792. The van der Waals surface area contributed by atoms with Gasteiger partial charge in [-0.3, -0.25) is 9.59 Å². The fraction of sp³-hybridized carbons (Fsp3) is 0.818. The first kappa shape index (κ1) is 14.9. The third-order valence-electron chi connectivity index (χ3n) is 2.95. The van der Waals surface area contributed by atoms with Gasteiger partial charge in [-0.25, -0.2) is 8.42 Å². The van der Waals surface area contributed by atoms with Crippen molar-refractivity contribution in [3.63, 3.8) is 0 Å². The highest BCUT2D eigenvalue weighted by atomic mass is 32.2. The summed E-state index contributed by atoms with van der Waals surface area (Å²) >= 11 is 0. The van der Waals surface area contributed by atoms with E-state index in [-0.39, 0.29) is 23.8 Å². The van der Waals surface area contributed by atoms with Gasteiger partial charge in [0.05, 0.1) is 17.4 Å². The molecule has 0 aliphatic carbocycles. The number of hydrogen-bond acceptors (Lipinski definition) is 4. The van der Waals surface area contributed by atoms with Crippen LogP contribution < -0.4 is 0 Å². The molecule has 1 aliphatic heterocycles. The molecule has 6 nitrogen and oxygen atoms in total. The molecule has 1 heterocycles. The summed E-state index contributed by atoms with van der Waals surface area (Å²) in [6, 6.07) is 0. The van der Waals surface area contributed by atoms with Crippen molar-refractivity contribution in [3.05, 3.63) is 0 Å². The summed E-state index contributed by atoms with van der Waals surface area (Å²) < 4.78 is 22.7. The second-order valence-electron chi connectivity index (χ2n) is 5.59. The lowest BCUT2D eigenvalue weighted by molar-refractivity contribution is -0.150. The Kier molecular flexibility index (Phi) is 4.05. The van der Waals surface area contributed by atoms with Crippen LogP contribution in [-0.2, 0) is 19.4 Å². The Labute approximate surface area is 107 Å². The minimum Gasteiger partial charge on any atom is -0.480 e. The zero-order chi connectivity index (χ0) is 14.1. The van der Waals surface area contributed by atoms with Crippen molar-refractivity contribution in [2.45, 2.75) is 32.7 Å². The van der Waals surface area contributed by atoms with Gasteiger partial charge in [0.25, 0.3) is 0 Å². The van der Waals surface area contributed by atoms with Gasteiger partial charge in [-0.1, -0.05) is 0 Å². The molecule has 0 bridgehead atoms. The third kappa shape index (κ3) is 3.69. The third-order valence-corrected chi connectivity index (χ3v) is 4.72. The van der Waals surface area contributed by atoms with E-state index in [4.69, 9.17) is 5.11 Å². The summed E-state index contributed by atoms with van der Waals surface area (Å²) in [5.41, 5.74) is -0.637. The van der Waals surface area contributed by atoms with Crippen LogP contribution in [0.15, 0.2) is 0 Å². The van der Waals surface area contributed by atoms with Gasteiger partial charge in [-0.15, -0.1) is 0 Å². The zero-order valence-corrected chi connectivity index (χ0v) is 11.7. The maximum Gasteiger partial charge on any atom is 0.323 e. The van der Waals surface area contributed by atoms with Crippen LogP contribution in [0.25, 0.3) is 0 Å². The summed E-state index contributed by atoms with van der Waals surface area (Å²) in [7, 11) is -3.14. The molecule has 7 heteroatoms. The Bertz CT molecular complexity index is 449. The van der Waals surface area contributed by atoms with Crippen molar-refractivity contribution < 1.29 is 23.1 Å². The van der Waals surface area contributed by atoms with Crippen LogP contribution in [0.1, 0.15) is 27.2 Å². The average molecular weight is 277 g/mol. The first-order chi connectivity index (χ1) is 8.03. The van der Waals surface area contributed by atoms with Gasteiger partial charge in [-0.05, 0) is 27.2 Å². The molecular formula is C11H19NO5S. The maximum atomic E-state index is 12.2. The van der Waals surface area contributed by atoms with Crippen LogP contribution >= 0.6 is 0 Å². The van der Waals surface area contributed by atoms with E-state index < -0.39 is 33.8 Å². The van der Waals surface area contributed by atoms with Crippen LogP contribution in [-0.4, -0.2) is 53.9 Å². The van der Waals surface area contributed by atoms with Crippen LogP contribution in [0.4, 0.5) is 0 Å². The molecule has 1 rings (SSSR count). The molecule has 0 aromatic rings. The molecule has 1 atom stereocenters. The predicted octanol–water partition coefficient (Wildman–Crippen LogP) is 0.133. The Hall–Kier alpha value is -1.11. The van der Waals surface area contributed by atoms with E-state index in [2.05, 4.69) is 0 Å². The lowest BCUT2D eigenvalue weighted by Crippen LogP contribution is -2.50. The smallest absolute Gasteiger partial charge is 0.323 e. The van der Waals surface area contributed by atoms with E-state index >= 15 is 0 Å². The molecule has 1 fully saturated rings. The summed E-state index contributed by atoms with van der Waals surface area (Å²) in [4.78, 5) is 24.2. The molecule has 1 unspecified atom stereocenters. The predicted molar refractivity (Wildman–Crippen MR) is 65.9 cm³/mol. The van der Waals surface area contributed by atoms with Gasteiger partial charge in [0, 0.05) is 5.54 Å². The SMILES string of the molecule is CC(C)(C)N(CC(=O)O)C(=O)C1CCS(=O)(=O)C1. The van der Waals surface area contributed by atoms with Gasteiger partial charge in [0.15, 0.2) is 9.84 Å². The molecule has 1 aliphatic rings. The Morgan fingerprint density at radius 2 is 1.89 bits per heavy atom. The van der Waals surface area contributed by atoms with E-state index in [9.17, 15) is 18.0 Å². The minimum atomic E-state index is -3.14. The van der Waals surface area contributed by atoms with Crippen LogP contribution in [0.5, 0.6) is 0 Å². The number of hydrogen-bond donors (Lipinski definition) is 1. The van der Waals surface area contributed by atoms with Crippen LogP contribution in [0, 0.1) is 5.92 Å². The largest absolute Gasteiger partial charge is 0.480 e. The van der Waals surface area contributed by atoms with Gasteiger partial charge in [0.2, 0.25) is 5.91 Å². The number of carbonyl (C=O) groups excluding carboxylic acids is 1. The molecule has 1 saturated heterocycles. The maximum absolute atomic E-state index is 12.2. The fourth-order valence-corrected chi connectivity index (χ4v) is 3.72. The monoisotopic (exact) mass is 277 g/mol. The second-order valence-corrected chi connectivity index (χ2v) is 7.82. The fourth-order valence-electron chi connectivity index (χ4n) is 1.99. The second kappa shape index (κ2) is 4.87. The van der Waals surface area contributed by atoms with Crippen molar-refractivity contribution in [2.75, 3.05) is 18.1 Å². The molecule has 104 valence electrons. The molecular weight excluding hydrogens is 258 g/mol. The van der Waals surface area contributed by atoms with Crippen molar-refractivity contribution in [3.8, 4) is 0 Å². The number of carbonyl (C=O) groups is 2. The summed E-state index contributed by atoms with van der Waals surface area (Å²) in [6.45, 7) is 4.80. The summed E-state index contributed by atoms with van der Waals surface area (Å²) in [5.74, 6) is -2.24. The first-order valence-corrected chi connectivity index (χ1v) is 7.59. The molecule has 0 radical (unpaired) electrons. The average Bonchev–Trinajstić information content (AvgIpc) is 2.52. The topological polar surface area (TPSA) is 91.8 Å². The Morgan fingerprint density at radius 3 is 2.22 bits per heavy atom. The van der Waals surface area contributed by atoms with Gasteiger partial charge >= 0.3 is 5.97 Å². The van der Waals surface area contributed by atoms with Crippen molar-refractivity contribution in [1.29, 1.82) is 0 Å². The summed E-state index contributed by atoms with van der Waals surface area (Å²) in [6.07, 6.45) is 0.285. The number of amides is 1. The van der Waals surface area contributed by atoms with Crippen LogP contribution in [0.3, 0.4) is 0 Å². The summed E-state index contributed by atoms with van der Waals surface area (Å²) in [5, 5.41) is 8.83. The van der Waals surface area contributed by atoms with Crippen molar-refractivity contribution in [2.24, 2.45) is 5.92 Å². The number of carboxylic acid groups (broad SMARTS) is 1. The highest BCUT2D eigenvalue weighted by molar-refractivity contribution is 7.91. The molecule has 0 aromatic carbocycles. The van der Waals surface area contributed by atoms with E-state index in [0.29, 0.717) is 0 Å². The van der Waals surface area contributed by atoms with Crippen molar-refractivity contribution in [1.82, 2.24) is 4.90 Å². The normalized spacial score (nSPS) is 22.7. The molecule has 0 saturated carbocycles. The zero-order valence-electron chi connectivity index (χ0n) is 10.8. The lowest BCUT2D eigenvalue weighted by atomic mass is 10.0. The van der Waals surface area contributed by atoms with Crippen LogP contribution in [0.2, 0.25) is 0 Å². The number of aliphatic carboxylic acids is 1. The van der Waals surface area contributed by atoms with E-state index in [0.717, 1.165) is 0 Å². The number of sulfone groups is 1. The number of nitrogens with zero attached hydrogens (tertiary/aromatic N) is 1.